The zero-order valence-electron chi connectivity index (χ0n) is 15.1. The van der Waals surface area contributed by atoms with Crippen molar-refractivity contribution in [3.63, 3.8) is 0 Å². The van der Waals surface area contributed by atoms with Crippen LogP contribution in [0.3, 0.4) is 0 Å². The number of likely N-dealkylation sites (N-methyl/N-ethyl adjacent to an activating group) is 1. The summed E-state index contributed by atoms with van der Waals surface area (Å²) in [6, 6.07) is 7.82. The predicted molar refractivity (Wildman–Crippen MR) is 110 cm³/mol. The van der Waals surface area contributed by atoms with E-state index in [1.54, 1.807) is 0 Å². The van der Waals surface area contributed by atoms with Gasteiger partial charge < -0.3 is 10.2 Å². The highest BCUT2D eigenvalue weighted by molar-refractivity contribution is 7.91. The molecule has 3 aromatic heterocycles. The van der Waals surface area contributed by atoms with Gasteiger partial charge in [0.1, 0.15) is 5.82 Å². The lowest BCUT2D eigenvalue weighted by Crippen LogP contribution is -2.21. The van der Waals surface area contributed by atoms with Gasteiger partial charge in [0.25, 0.3) is 0 Å². The van der Waals surface area contributed by atoms with Gasteiger partial charge in [-0.1, -0.05) is 16.8 Å². The van der Waals surface area contributed by atoms with Crippen LogP contribution in [-0.2, 0) is 9.84 Å². The summed E-state index contributed by atoms with van der Waals surface area (Å²) < 4.78 is 28.5. The Morgan fingerprint density at radius 2 is 1.96 bits per heavy atom. The Balaban J connectivity index is 1.85. The molecule has 0 unspecified atom stereocenters. The van der Waals surface area contributed by atoms with Crippen LogP contribution in [0.4, 0.5) is 5.82 Å². The first-order valence-electron chi connectivity index (χ1n) is 8.40. The fourth-order valence-electron chi connectivity index (χ4n) is 2.74. The molecule has 0 aliphatic rings. The van der Waals surface area contributed by atoms with Gasteiger partial charge in [-0.15, -0.1) is 16.4 Å². The van der Waals surface area contributed by atoms with Crippen molar-refractivity contribution in [3.05, 3.63) is 40.7 Å². The Bertz CT molecular complexity index is 1250. The number of hydrogen-bond donors (Lipinski definition) is 1. The lowest BCUT2D eigenvalue weighted by molar-refractivity contribution is 0.425. The van der Waals surface area contributed by atoms with Crippen LogP contribution in [-0.4, -0.2) is 60.3 Å². The summed E-state index contributed by atoms with van der Waals surface area (Å²) in [5, 5.41) is 13.5. The molecule has 0 spiro atoms. The molecule has 0 radical (unpaired) electrons. The van der Waals surface area contributed by atoms with E-state index in [-0.39, 0.29) is 15.6 Å². The average Bonchev–Trinajstić information content (AvgIpc) is 3.28. The van der Waals surface area contributed by atoms with E-state index in [0.29, 0.717) is 17.4 Å². The second-order valence-corrected chi connectivity index (χ2v) is 9.63. The number of sulfone groups is 1. The van der Waals surface area contributed by atoms with Crippen LogP contribution in [0.2, 0.25) is 5.02 Å². The number of rotatable bonds is 6. The molecule has 11 heteroatoms. The number of anilines is 1. The van der Waals surface area contributed by atoms with Crippen molar-refractivity contribution in [2.24, 2.45) is 0 Å². The minimum absolute atomic E-state index is 0.0913. The molecule has 1 N–H and O–H groups in total. The third-order valence-electron chi connectivity index (χ3n) is 4.15. The molecule has 0 atom stereocenters. The summed E-state index contributed by atoms with van der Waals surface area (Å²) >= 11 is 7.39. The van der Waals surface area contributed by atoms with Gasteiger partial charge in [0.15, 0.2) is 5.65 Å². The van der Waals surface area contributed by atoms with Gasteiger partial charge in [0.2, 0.25) is 14.9 Å². The molecular weight excluding hydrogens is 420 g/mol. The van der Waals surface area contributed by atoms with Gasteiger partial charge in [-0.2, -0.15) is 4.52 Å². The molecule has 3 heterocycles. The van der Waals surface area contributed by atoms with Crippen molar-refractivity contribution < 1.29 is 8.42 Å². The Morgan fingerprint density at radius 3 is 2.68 bits per heavy atom. The molecule has 0 saturated carbocycles. The van der Waals surface area contributed by atoms with Crippen molar-refractivity contribution in [1.82, 2.24) is 24.7 Å². The molecule has 1 aromatic carbocycles. The summed E-state index contributed by atoms with van der Waals surface area (Å²) in [6.45, 7) is 1.48. The normalized spacial score (nSPS) is 12.3. The smallest absolute Gasteiger partial charge is 0.229 e. The molecule has 4 aromatic rings. The van der Waals surface area contributed by atoms with E-state index in [9.17, 15) is 8.42 Å². The number of halogens is 1. The van der Waals surface area contributed by atoms with Gasteiger partial charge in [-0.3, -0.25) is 0 Å². The number of aromatic nitrogens is 4. The van der Waals surface area contributed by atoms with Crippen LogP contribution in [0, 0.1) is 0 Å². The van der Waals surface area contributed by atoms with E-state index in [1.165, 1.54) is 40.1 Å². The summed E-state index contributed by atoms with van der Waals surface area (Å²) in [4.78, 5) is 6.70. The largest absolute Gasteiger partial charge is 0.367 e. The van der Waals surface area contributed by atoms with Gasteiger partial charge in [0.05, 0.1) is 15.1 Å². The Hall–Kier alpha value is -2.27. The fraction of sp³-hybridized carbons (Fsp3) is 0.235. The third kappa shape index (κ3) is 3.32. The Kier molecular flexibility index (Phi) is 4.96. The van der Waals surface area contributed by atoms with Gasteiger partial charge in [-0.05, 0) is 49.8 Å². The molecule has 146 valence electrons. The zero-order chi connectivity index (χ0) is 19.9. The lowest BCUT2D eigenvalue weighted by atomic mass is 10.4. The molecule has 0 bridgehead atoms. The van der Waals surface area contributed by atoms with Gasteiger partial charge in [0, 0.05) is 18.1 Å². The fourth-order valence-corrected chi connectivity index (χ4v) is 4.94. The van der Waals surface area contributed by atoms with Crippen LogP contribution in [0.5, 0.6) is 0 Å². The topological polar surface area (TPSA) is 92.5 Å². The SMILES string of the molecule is CN(C)CCNc1nc2c(S(=O)(=O)c3ccc(Cl)cc3)nnn2c2ccsc12. The van der Waals surface area contributed by atoms with E-state index in [1.807, 2.05) is 30.4 Å². The molecule has 8 nitrogen and oxygen atoms in total. The van der Waals surface area contributed by atoms with E-state index in [4.69, 9.17) is 11.6 Å². The highest BCUT2D eigenvalue weighted by atomic mass is 35.5. The number of benzene rings is 1. The second-order valence-electron chi connectivity index (χ2n) is 6.41. The molecule has 28 heavy (non-hydrogen) atoms. The van der Waals surface area contributed by atoms with E-state index in [0.717, 1.165) is 16.8 Å². The van der Waals surface area contributed by atoms with E-state index in [2.05, 4.69) is 20.6 Å². The molecule has 0 saturated heterocycles. The standard InChI is InChI=1S/C17H17ClN6O2S2/c1-23(2)9-8-19-15-14-13(7-10-27-14)24-16(20-15)17(21-22-24)28(25,26)12-5-3-11(18)4-6-12/h3-7,10H,8-9H2,1-2H3,(H,19,20). The number of fused-ring (bicyclic) bond motifs is 3. The second kappa shape index (κ2) is 7.28. The third-order valence-corrected chi connectivity index (χ3v) is 6.98. The van der Waals surface area contributed by atoms with Crippen molar-refractivity contribution in [3.8, 4) is 0 Å². The van der Waals surface area contributed by atoms with E-state index >= 15 is 0 Å². The molecule has 0 amide bonds. The summed E-state index contributed by atoms with van der Waals surface area (Å²) in [7, 11) is 0.0761. The number of thiophene rings is 1. The van der Waals surface area contributed by atoms with Crippen molar-refractivity contribution in [2.45, 2.75) is 9.92 Å². The molecule has 4 rings (SSSR count). The molecule has 0 aliphatic carbocycles. The minimum Gasteiger partial charge on any atom is -0.367 e. The average molecular weight is 437 g/mol. The monoisotopic (exact) mass is 436 g/mol. The van der Waals surface area contributed by atoms with Crippen LogP contribution >= 0.6 is 22.9 Å². The summed E-state index contributed by atoms with van der Waals surface area (Å²) in [6.07, 6.45) is 0. The summed E-state index contributed by atoms with van der Waals surface area (Å²) in [5.74, 6) is 0.620. The minimum atomic E-state index is -3.89. The summed E-state index contributed by atoms with van der Waals surface area (Å²) in [5.41, 5.74) is 0.945. The number of hydrogen-bond acceptors (Lipinski definition) is 8. The number of nitrogens with zero attached hydrogens (tertiary/aromatic N) is 5. The lowest BCUT2D eigenvalue weighted by Gasteiger charge is -2.11. The first-order chi connectivity index (χ1) is 13.4. The maximum atomic E-state index is 13.1. The Morgan fingerprint density at radius 1 is 1.21 bits per heavy atom. The van der Waals surface area contributed by atoms with E-state index < -0.39 is 9.84 Å². The maximum Gasteiger partial charge on any atom is 0.229 e. The first-order valence-corrected chi connectivity index (χ1v) is 11.1. The van der Waals surface area contributed by atoms with Crippen LogP contribution < -0.4 is 5.32 Å². The Labute approximate surface area is 170 Å². The molecule has 0 fully saturated rings. The van der Waals surface area contributed by atoms with Crippen LogP contribution in [0.1, 0.15) is 0 Å². The predicted octanol–water partition coefficient (Wildman–Crippen LogP) is 2.80. The highest BCUT2D eigenvalue weighted by Gasteiger charge is 2.27. The van der Waals surface area contributed by atoms with Crippen molar-refractivity contribution in [1.29, 1.82) is 0 Å². The first kappa shape index (κ1) is 19.1. The van der Waals surface area contributed by atoms with Crippen LogP contribution in [0.25, 0.3) is 15.9 Å². The molecular formula is C17H17ClN6O2S2. The quantitative estimate of drug-likeness (QED) is 0.496. The molecule has 0 aliphatic heterocycles. The maximum absolute atomic E-state index is 13.1. The number of nitrogens with one attached hydrogen (secondary N) is 1. The zero-order valence-corrected chi connectivity index (χ0v) is 17.5. The van der Waals surface area contributed by atoms with Crippen LogP contribution in [0.15, 0.2) is 45.6 Å². The highest BCUT2D eigenvalue weighted by Crippen LogP contribution is 2.31. The van der Waals surface area contributed by atoms with Crippen molar-refractivity contribution in [2.75, 3.05) is 32.5 Å². The van der Waals surface area contributed by atoms with Gasteiger partial charge in [-0.25, -0.2) is 13.4 Å². The van der Waals surface area contributed by atoms with Crippen molar-refractivity contribution >= 4 is 54.5 Å². The van der Waals surface area contributed by atoms with Gasteiger partial charge >= 0.3 is 0 Å².